The van der Waals surface area contributed by atoms with Crippen molar-refractivity contribution in [1.29, 1.82) is 0 Å². The van der Waals surface area contributed by atoms with Crippen molar-refractivity contribution >= 4 is 5.91 Å². The maximum atomic E-state index is 11.2. The van der Waals surface area contributed by atoms with E-state index in [2.05, 4.69) is 5.32 Å². The van der Waals surface area contributed by atoms with Gasteiger partial charge in [-0.25, -0.2) is 0 Å². The van der Waals surface area contributed by atoms with E-state index in [0.717, 1.165) is 6.42 Å². The molecule has 0 fully saturated rings. The van der Waals surface area contributed by atoms with E-state index >= 15 is 0 Å². The predicted octanol–water partition coefficient (Wildman–Crippen LogP) is -0.152. The molecule has 0 aliphatic carbocycles. The highest BCUT2D eigenvalue weighted by atomic mass is 16.5. The van der Waals surface area contributed by atoms with Gasteiger partial charge in [0, 0.05) is 5.92 Å². The van der Waals surface area contributed by atoms with Crippen LogP contribution in [0.2, 0.25) is 0 Å². The van der Waals surface area contributed by atoms with Crippen LogP contribution in [0.4, 0.5) is 0 Å². The Balaban J connectivity index is 3.84. The Hall–Kier alpha value is -0.610. The summed E-state index contributed by atoms with van der Waals surface area (Å²) in [6.07, 6.45) is -0.738. The third-order valence-corrected chi connectivity index (χ3v) is 1.88. The van der Waals surface area contributed by atoms with Crippen molar-refractivity contribution in [3.05, 3.63) is 0 Å². The molecule has 0 rings (SSSR count). The minimum atomic E-state index is -1.49. The van der Waals surface area contributed by atoms with E-state index in [1.807, 2.05) is 6.92 Å². The number of hydrogen-bond acceptors (Lipinski definition) is 3. The first kappa shape index (κ1) is 11.4. The summed E-state index contributed by atoms with van der Waals surface area (Å²) in [5.41, 5.74) is 0. The molecule has 12 heavy (non-hydrogen) atoms. The number of amides is 1. The molecule has 2 atom stereocenters. The molecule has 0 spiro atoms. The van der Waals surface area contributed by atoms with Crippen LogP contribution < -0.4 is 5.32 Å². The number of aliphatic hydroxyl groups excluding tert-OH is 1. The number of rotatable bonds is 4. The SMILES string of the molecule is CCC(C)C(=O)NC(C)C(O)O. The highest BCUT2D eigenvalue weighted by Crippen LogP contribution is 2.01. The molecule has 0 aliphatic heterocycles. The Morgan fingerprint density at radius 2 is 1.92 bits per heavy atom. The fraction of sp³-hybridized carbons (Fsp3) is 0.875. The fourth-order valence-corrected chi connectivity index (χ4v) is 0.627. The van der Waals surface area contributed by atoms with Crippen LogP contribution in [-0.2, 0) is 4.79 Å². The van der Waals surface area contributed by atoms with Crippen LogP contribution in [0.15, 0.2) is 0 Å². The lowest BCUT2D eigenvalue weighted by Gasteiger charge is -2.17. The van der Waals surface area contributed by atoms with Gasteiger partial charge in [0.25, 0.3) is 0 Å². The van der Waals surface area contributed by atoms with Crippen LogP contribution in [0, 0.1) is 5.92 Å². The Kier molecular flexibility index (Phi) is 4.85. The Morgan fingerprint density at radius 1 is 1.42 bits per heavy atom. The van der Waals surface area contributed by atoms with E-state index in [-0.39, 0.29) is 11.8 Å². The van der Waals surface area contributed by atoms with E-state index < -0.39 is 12.3 Å². The van der Waals surface area contributed by atoms with Crippen LogP contribution in [0.3, 0.4) is 0 Å². The smallest absolute Gasteiger partial charge is 0.223 e. The third kappa shape index (κ3) is 3.69. The third-order valence-electron chi connectivity index (χ3n) is 1.88. The zero-order chi connectivity index (χ0) is 9.72. The first-order valence-corrected chi connectivity index (χ1v) is 4.15. The van der Waals surface area contributed by atoms with Crippen molar-refractivity contribution < 1.29 is 15.0 Å². The molecule has 0 saturated carbocycles. The van der Waals surface area contributed by atoms with Crippen molar-refractivity contribution in [3.8, 4) is 0 Å². The largest absolute Gasteiger partial charge is 0.366 e. The van der Waals surface area contributed by atoms with Crippen molar-refractivity contribution in [2.24, 2.45) is 5.92 Å². The first-order chi connectivity index (χ1) is 5.49. The minimum absolute atomic E-state index is 0.0776. The maximum absolute atomic E-state index is 11.2. The maximum Gasteiger partial charge on any atom is 0.223 e. The number of nitrogens with one attached hydrogen (secondary N) is 1. The highest BCUT2D eigenvalue weighted by molar-refractivity contribution is 5.78. The average Bonchev–Trinajstić information content (AvgIpc) is 2.02. The van der Waals surface area contributed by atoms with Gasteiger partial charge in [-0.3, -0.25) is 4.79 Å². The summed E-state index contributed by atoms with van der Waals surface area (Å²) in [5, 5.41) is 19.8. The Morgan fingerprint density at radius 3 is 2.25 bits per heavy atom. The molecule has 1 amide bonds. The van der Waals surface area contributed by atoms with Crippen molar-refractivity contribution in [3.63, 3.8) is 0 Å². The van der Waals surface area contributed by atoms with Crippen LogP contribution in [-0.4, -0.2) is 28.5 Å². The van der Waals surface area contributed by atoms with Gasteiger partial charge < -0.3 is 15.5 Å². The molecule has 0 bridgehead atoms. The van der Waals surface area contributed by atoms with Gasteiger partial charge in [0.05, 0.1) is 6.04 Å². The van der Waals surface area contributed by atoms with E-state index in [1.165, 1.54) is 0 Å². The summed E-state index contributed by atoms with van der Waals surface area (Å²) >= 11 is 0. The van der Waals surface area contributed by atoms with Crippen LogP contribution in [0.1, 0.15) is 27.2 Å². The van der Waals surface area contributed by atoms with Gasteiger partial charge in [0.15, 0.2) is 6.29 Å². The quantitative estimate of drug-likeness (QED) is 0.520. The number of carbonyl (C=O) groups is 1. The van der Waals surface area contributed by atoms with E-state index in [1.54, 1.807) is 13.8 Å². The molecule has 0 saturated heterocycles. The highest BCUT2D eigenvalue weighted by Gasteiger charge is 2.16. The summed E-state index contributed by atoms with van der Waals surface area (Å²) in [4.78, 5) is 11.2. The second-order valence-electron chi connectivity index (χ2n) is 3.02. The van der Waals surface area contributed by atoms with Crippen LogP contribution >= 0.6 is 0 Å². The lowest BCUT2D eigenvalue weighted by Crippen LogP contribution is -2.43. The summed E-state index contributed by atoms with van der Waals surface area (Å²) in [5.74, 6) is -0.218. The van der Waals surface area contributed by atoms with E-state index in [0.29, 0.717) is 0 Å². The summed E-state index contributed by atoms with van der Waals surface area (Å²) in [7, 11) is 0. The normalized spacial score (nSPS) is 15.8. The molecule has 0 aromatic heterocycles. The molecule has 72 valence electrons. The van der Waals surface area contributed by atoms with Crippen molar-refractivity contribution in [2.45, 2.75) is 39.5 Å². The molecule has 4 nitrogen and oxygen atoms in total. The first-order valence-electron chi connectivity index (χ1n) is 4.15. The van der Waals surface area contributed by atoms with E-state index in [9.17, 15) is 4.79 Å². The molecule has 2 unspecified atom stereocenters. The van der Waals surface area contributed by atoms with Gasteiger partial charge in [-0.2, -0.15) is 0 Å². The van der Waals surface area contributed by atoms with Gasteiger partial charge in [-0.05, 0) is 13.3 Å². The Bertz CT molecular complexity index is 147. The predicted molar refractivity (Wildman–Crippen MR) is 45.3 cm³/mol. The summed E-state index contributed by atoms with van der Waals surface area (Å²) < 4.78 is 0. The molecule has 4 heteroatoms. The second-order valence-corrected chi connectivity index (χ2v) is 3.02. The van der Waals surface area contributed by atoms with Crippen LogP contribution in [0.5, 0.6) is 0 Å². The zero-order valence-electron chi connectivity index (χ0n) is 7.74. The van der Waals surface area contributed by atoms with Gasteiger partial charge in [0.1, 0.15) is 0 Å². The second kappa shape index (κ2) is 5.11. The lowest BCUT2D eigenvalue weighted by atomic mass is 10.1. The summed E-state index contributed by atoms with van der Waals surface area (Å²) in [6, 6.07) is -0.605. The molecule has 0 aromatic carbocycles. The molecular weight excluding hydrogens is 158 g/mol. The van der Waals surface area contributed by atoms with Crippen molar-refractivity contribution in [1.82, 2.24) is 5.32 Å². The number of aliphatic hydroxyl groups is 2. The molecule has 0 aromatic rings. The standard InChI is InChI=1S/C8H17NO3/c1-4-5(2)7(10)9-6(3)8(11)12/h5-6,8,11-12H,4H2,1-3H3,(H,9,10). The van der Waals surface area contributed by atoms with Gasteiger partial charge in [0.2, 0.25) is 5.91 Å². The number of carbonyl (C=O) groups excluding carboxylic acids is 1. The number of hydrogen-bond donors (Lipinski definition) is 3. The fourth-order valence-electron chi connectivity index (χ4n) is 0.627. The minimum Gasteiger partial charge on any atom is -0.366 e. The van der Waals surface area contributed by atoms with Gasteiger partial charge in [-0.15, -0.1) is 0 Å². The summed E-state index contributed by atoms with van der Waals surface area (Å²) in [6.45, 7) is 5.25. The monoisotopic (exact) mass is 175 g/mol. The van der Waals surface area contributed by atoms with E-state index in [4.69, 9.17) is 10.2 Å². The molecule has 0 radical (unpaired) electrons. The molecule has 0 heterocycles. The van der Waals surface area contributed by atoms with Gasteiger partial charge >= 0.3 is 0 Å². The molecular formula is C8H17NO3. The average molecular weight is 175 g/mol. The van der Waals surface area contributed by atoms with Gasteiger partial charge in [-0.1, -0.05) is 13.8 Å². The molecule has 3 N–H and O–H groups in total. The molecule has 0 aliphatic rings. The lowest BCUT2D eigenvalue weighted by molar-refractivity contribution is -0.129. The zero-order valence-corrected chi connectivity index (χ0v) is 7.74. The Labute approximate surface area is 72.6 Å². The topological polar surface area (TPSA) is 69.6 Å². The van der Waals surface area contributed by atoms with Crippen LogP contribution in [0.25, 0.3) is 0 Å². The van der Waals surface area contributed by atoms with Crippen molar-refractivity contribution in [2.75, 3.05) is 0 Å².